The van der Waals surface area contributed by atoms with Crippen molar-refractivity contribution < 1.29 is 18.8 Å². The van der Waals surface area contributed by atoms with E-state index in [9.17, 15) is 4.79 Å². The average Bonchev–Trinajstić information content (AvgIpc) is 3.38. The number of carbonyl (C=O) groups excluding carboxylic acids is 1. The minimum atomic E-state index is -0.122. The number of aromatic nitrogens is 2. The zero-order valence-electron chi connectivity index (χ0n) is 17.5. The van der Waals surface area contributed by atoms with Gasteiger partial charge in [-0.1, -0.05) is 11.2 Å². The molecule has 0 unspecified atom stereocenters. The van der Waals surface area contributed by atoms with E-state index in [4.69, 9.17) is 14.0 Å². The van der Waals surface area contributed by atoms with E-state index < -0.39 is 0 Å². The monoisotopic (exact) mass is 435 g/mol. The third kappa shape index (κ3) is 3.63. The lowest BCUT2D eigenvalue weighted by Gasteiger charge is -2.21. The predicted molar refractivity (Wildman–Crippen MR) is 118 cm³/mol. The molecule has 3 aromatic heterocycles. The molecule has 1 aliphatic heterocycles. The van der Waals surface area contributed by atoms with Gasteiger partial charge in [-0.3, -0.25) is 4.79 Å². The minimum Gasteiger partial charge on any atom is -0.486 e. The average molecular weight is 436 g/mol. The molecule has 4 aromatic rings. The van der Waals surface area contributed by atoms with Crippen LogP contribution in [0, 0.1) is 13.8 Å². The van der Waals surface area contributed by atoms with Gasteiger partial charge in [-0.25, -0.2) is 4.98 Å². The lowest BCUT2D eigenvalue weighted by atomic mass is 10.1. The largest absolute Gasteiger partial charge is 0.486 e. The highest BCUT2D eigenvalue weighted by molar-refractivity contribution is 7.15. The molecule has 0 atom stereocenters. The summed E-state index contributed by atoms with van der Waals surface area (Å²) in [7, 11) is 1.78. The molecule has 158 valence electrons. The van der Waals surface area contributed by atoms with Crippen molar-refractivity contribution in [3.63, 3.8) is 0 Å². The Labute approximate surface area is 183 Å². The lowest BCUT2D eigenvalue weighted by Crippen LogP contribution is -2.26. The maximum atomic E-state index is 13.5. The second-order valence-corrected chi connectivity index (χ2v) is 8.84. The molecule has 0 saturated heterocycles. The summed E-state index contributed by atoms with van der Waals surface area (Å²) in [5, 5.41) is 4.68. The summed E-state index contributed by atoms with van der Waals surface area (Å²) in [6.07, 6.45) is 0. The van der Waals surface area contributed by atoms with Gasteiger partial charge in [0.1, 0.15) is 13.2 Å². The second-order valence-electron chi connectivity index (χ2n) is 7.55. The number of pyridine rings is 1. The van der Waals surface area contributed by atoms with Gasteiger partial charge >= 0.3 is 0 Å². The number of nitrogens with zero attached hydrogens (tertiary/aromatic N) is 3. The number of hydrogen-bond donors (Lipinski definition) is 0. The Morgan fingerprint density at radius 1 is 1.10 bits per heavy atom. The van der Waals surface area contributed by atoms with Crippen molar-refractivity contribution in [2.45, 2.75) is 20.4 Å². The zero-order chi connectivity index (χ0) is 21.5. The van der Waals surface area contributed by atoms with Crippen LogP contribution in [0.25, 0.3) is 21.7 Å². The first-order chi connectivity index (χ1) is 15.0. The number of rotatable bonds is 4. The van der Waals surface area contributed by atoms with Crippen molar-refractivity contribution in [2.24, 2.45) is 0 Å². The molecular weight excluding hydrogens is 414 g/mol. The fourth-order valence-electron chi connectivity index (χ4n) is 3.70. The number of amides is 1. The van der Waals surface area contributed by atoms with Crippen molar-refractivity contribution in [3.8, 4) is 22.1 Å². The van der Waals surface area contributed by atoms with Crippen molar-refractivity contribution in [2.75, 3.05) is 20.3 Å². The fraction of sp³-hybridized carbons (Fsp3) is 0.261. The summed E-state index contributed by atoms with van der Waals surface area (Å²) >= 11 is 1.63. The van der Waals surface area contributed by atoms with Gasteiger partial charge in [0.05, 0.1) is 27.2 Å². The Morgan fingerprint density at radius 2 is 1.90 bits per heavy atom. The maximum absolute atomic E-state index is 13.5. The second kappa shape index (κ2) is 7.70. The minimum absolute atomic E-state index is 0.122. The van der Waals surface area contributed by atoms with Crippen LogP contribution in [-0.4, -0.2) is 41.2 Å². The molecule has 0 aliphatic carbocycles. The summed E-state index contributed by atoms with van der Waals surface area (Å²) < 4.78 is 16.7. The normalized spacial score (nSPS) is 12.9. The number of fused-ring (bicyclic) bond motifs is 2. The lowest BCUT2D eigenvalue weighted by molar-refractivity contribution is 0.0786. The van der Waals surface area contributed by atoms with Gasteiger partial charge in [0.25, 0.3) is 11.6 Å². The van der Waals surface area contributed by atoms with Crippen LogP contribution in [0.1, 0.15) is 26.5 Å². The van der Waals surface area contributed by atoms with Gasteiger partial charge in [0, 0.05) is 18.5 Å². The number of ether oxygens (including phenoxy) is 2. The maximum Gasteiger partial charge on any atom is 0.259 e. The Kier molecular flexibility index (Phi) is 4.86. The Balaban J connectivity index is 1.49. The van der Waals surface area contributed by atoms with Crippen LogP contribution in [0.4, 0.5) is 0 Å². The standard InChI is InChI=1S/C23H21N3O4S/c1-13-4-7-20(31-13)17-11-16(21-14(2)25-30-22(21)24-17)23(27)26(3)12-15-5-6-18-19(10-15)29-9-8-28-18/h4-7,10-11H,8-9,12H2,1-3H3. The molecule has 0 fully saturated rings. The Bertz CT molecular complexity index is 1290. The summed E-state index contributed by atoms with van der Waals surface area (Å²) in [5.41, 5.74) is 3.22. The molecule has 0 bridgehead atoms. The van der Waals surface area contributed by atoms with Crippen molar-refractivity contribution in [1.29, 1.82) is 0 Å². The van der Waals surface area contributed by atoms with Crippen LogP contribution in [0.3, 0.4) is 0 Å². The first-order valence-corrected chi connectivity index (χ1v) is 10.8. The van der Waals surface area contributed by atoms with Gasteiger partial charge in [-0.05, 0) is 49.7 Å². The number of benzene rings is 1. The van der Waals surface area contributed by atoms with Crippen LogP contribution >= 0.6 is 11.3 Å². The van der Waals surface area contributed by atoms with Crippen LogP contribution in [0.2, 0.25) is 0 Å². The first-order valence-electron chi connectivity index (χ1n) is 9.97. The molecule has 1 amide bonds. The SMILES string of the molecule is Cc1ccc(-c2cc(C(=O)N(C)Cc3ccc4c(c3)OCCO4)c3c(C)noc3n2)s1. The Hall–Kier alpha value is -3.39. The van der Waals surface area contributed by atoms with E-state index in [-0.39, 0.29) is 5.91 Å². The molecule has 7 nitrogen and oxygen atoms in total. The Morgan fingerprint density at radius 3 is 2.68 bits per heavy atom. The summed E-state index contributed by atoms with van der Waals surface area (Å²) in [4.78, 5) is 21.9. The van der Waals surface area contributed by atoms with Gasteiger partial charge in [0.15, 0.2) is 11.5 Å². The van der Waals surface area contributed by atoms with Gasteiger partial charge < -0.3 is 18.9 Å². The molecule has 0 N–H and O–H groups in total. The summed E-state index contributed by atoms with van der Waals surface area (Å²) in [6, 6.07) is 11.6. The third-order valence-corrected chi connectivity index (χ3v) is 6.24. The predicted octanol–water partition coefficient (Wildman–Crippen LogP) is 4.61. The van der Waals surface area contributed by atoms with E-state index in [2.05, 4.69) is 10.1 Å². The van der Waals surface area contributed by atoms with Gasteiger partial charge in [-0.15, -0.1) is 11.3 Å². The van der Waals surface area contributed by atoms with Crippen LogP contribution in [-0.2, 0) is 6.54 Å². The fourth-order valence-corrected chi connectivity index (χ4v) is 4.53. The van der Waals surface area contributed by atoms with E-state index in [1.165, 1.54) is 4.88 Å². The van der Waals surface area contributed by atoms with E-state index in [0.29, 0.717) is 53.6 Å². The molecule has 0 spiro atoms. The smallest absolute Gasteiger partial charge is 0.259 e. The van der Waals surface area contributed by atoms with Gasteiger partial charge in [-0.2, -0.15) is 0 Å². The molecule has 1 aromatic carbocycles. The van der Waals surface area contributed by atoms with E-state index in [1.54, 1.807) is 23.3 Å². The highest BCUT2D eigenvalue weighted by atomic mass is 32.1. The van der Waals surface area contributed by atoms with E-state index in [0.717, 1.165) is 16.2 Å². The molecule has 4 heterocycles. The first kappa shape index (κ1) is 19.6. The molecule has 1 aliphatic rings. The summed E-state index contributed by atoms with van der Waals surface area (Å²) in [5.74, 6) is 1.32. The number of aryl methyl sites for hydroxylation is 2. The van der Waals surface area contributed by atoms with Crippen LogP contribution in [0.15, 0.2) is 40.9 Å². The van der Waals surface area contributed by atoms with Crippen molar-refractivity contribution >= 4 is 28.3 Å². The molecular formula is C23H21N3O4S. The van der Waals surface area contributed by atoms with E-state index >= 15 is 0 Å². The van der Waals surface area contributed by atoms with Crippen molar-refractivity contribution in [3.05, 3.63) is 58.1 Å². The highest BCUT2D eigenvalue weighted by Crippen LogP contribution is 2.33. The quantitative estimate of drug-likeness (QED) is 0.466. The number of thiophene rings is 1. The van der Waals surface area contributed by atoms with Gasteiger partial charge in [0.2, 0.25) is 0 Å². The third-order valence-electron chi connectivity index (χ3n) is 5.21. The van der Waals surface area contributed by atoms with Crippen molar-refractivity contribution in [1.82, 2.24) is 15.0 Å². The van der Waals surface area contributed by atoms with Crippen LogP contribution in [0.5, 0.6) is 11.5 Å². The topological polar surface area (TPSA) is 77.7 Å². The molecule has 8 heteroatoms. The van der Waals surface area contributed by atoms with Crippen LogP contribution < -0.4 is 9.47 Å². The van der Waals surface area contributed by atoms with E-state index in [1.807, 2.05) is 50.2 Å². The summed E-state index contributed by atoms with van der Waals surface area (Å²) in [6.45, 7) is 5.36. The molecule has 5 rings (SSSR count). The molecule has 0 radical (unpaired) electrons. The zero-order valence-corrected chi connectivity index (χ0v) is 18.3. The molecule has 31 heavy (non-hydrogen) atoms. The highest BCUT2D eigenvalue weighted by Gasteiger charge is 2.23. The number of carbonyl (C=O) groups is 1. The molecule has 0 saturated carbocycles. The number of hydrogen-bond acceptors (Lipinski definition) is 7.